The standard InChI is InChI=1S/C25H37N3O/c1-20-7-2-3-8-22(20)14-18-27-16-12-21(13-17-27)19-28(23-9-4-5-10-23)25(29)24-11-6-15-26-24/h2-3,6-8,11,21,23-24,26H,4-5,9-10,12-19H2,1H3/t24-/m1/s1. The van der Waals surface area contributed by atoms with Crippen LogP contribution < -0.4 is 5.32 Å². The molecule has 1 N–H and O–H groups in total. The summed E-state index contributed by atoms with van der Waals surface area (Å²) in [5.74, 6) is 0.965. The van der Waals surface area contributed by atoms with Crippen molar-refractivity contribution in [3.8, 4) is 0 Å². The number of hydrogen-bond acceptors (Lipinski definition) is 3. The van der Waals surface area contributed by atoms with Crippen molar-refractivity contribution in [3.05, 3.63) is 47.5 Å². The average Bonchev–Trinajstić information content (AvgIpc) is 3.46. The minimum atomic E-state index is -0.0928. The van der Waals surface area contributed by atoms with Gasteiger partial charge in [-0.2, -0.15) is 0 Å². The van der Waals surface area contributed by atoms with Gasteiger partial charge in [0.05, 0.1) is 0 Å². The lowest BCUT2D eigenvalue weighted by Crippen LogP contribution is -2.50. The zero-order valence-corrected chi connectivity index (χ0v) is 18.0. The molecule has 158 valence electrons. The van der Waals surface area contributed by atoms with E-state index in [0.717, 1.165) is 26.1 Å². The Bertz CT molecular complexity index is 702. The molecule has 4 nitrogen and oxygen atoms in total. The van der Waals surface area contributed by atoms with Crippen LogP contribution in [0.25, 0.3) is 0 Å². The van der Waals surface area contributed by atoms with E-state index in [1.54, 1.807) is 0 Å². The number of benzene rings is 1. The van der Waals surface area contributed by atoms with Crippen molar-refractivity contribution < 1.29 is 4.79 Å². The first kappa shape index (κ1) is 20.6. The fourth-order valence-corrected chi connectivity index (χ4v) is 5.29. The van der Waals surface area contributed by atoms with Crippen molar-refractivity contribution in [2.24, 2.45) is 5.92 Å². The second-order valence-corrected chi connectivity index (χ2v) is 9.20. The molecule has 0 bridgehead atoms. The number of aryl methyl sites for hydroxylation is 1. The molecule has 4 heteroatoms. The number of amides is 1. The number of carbonyl (C=O) groups is 1. The van der Waals surface area contributed by atoms with Crippen LogP contribution in [0, 0.1) is 12.8 Å². The van der Waals surface area contributed by atoms with Crippen LogP contribution in [0.5, 0.6) is 0 Å². The van der Waals surface area contributed by atoms with Gasteiger partial charge >= 0.3 is 0 Å². The number of nitrogens with zero attached hydrogens (tertiary/aromatic N) is 2. The van der Waals surface area contributed by atoms with Gasteiger partial charge in [-0.05, 0) is 69.2 Å². The molecule has 29 heavy (non-hydrogen) atoms. The van der Waals surface area contributed by atoms with E-state index in [4.69, 9.17) is 0 Å². The Labute approximate surface area is 176 Å². The lowest BCUT2D eigenvalue weighted by molar-refractivity contribution is -0.135. The van der Waals surface area contributed by atoms with E-state index >= 15 is 0 Å². The quantitative estimate of drug-likeness (QED) is 0.717. The zero-order valence-electron chi connectivity index (χ0n) is 18.0. The molecule has 1 atom stereocenters. The molecule has 0 spiro atoms. The molecule has 1 aromatic rings. The molecule has 1 aromatic carbocycles. The number of nitrogens with one attached hydrogen (secondary N) is 1. The summed E-state index contributed by atoms with van der Waals surface area (Å²) in [6.45, 7) is 7.50. The topological polar surface area (TPSA) is 35.6 Å². The Morgan fingerprint density at radius 1 is 1.14 bits per heavy atom. The molecule has 1 amide bonds. The second-order valence-electron chi connectivity index (χ2n) is 9.20. The van der Waals surface area contributed by atoms with Gasteiger partial charge in [0.2, 0.25) is 5.91 Å². The van der Waals surface area contributed by atoms with E-state index < -0.39 is 0 Å². The molecule has 3 aliphatic rings. The molecule has 2 aliphatic heterocycles. The van der Waals surface area contributed by atoms with Crippen LogP contribution >= 0.6 is 0 Å². The minimum Gasteiger partial charge on any atom is -0.338 e. The molecule has 0 aromatic heterocycles. The summed E-state index contributed by atoms with van der Waals surface area (Å²) in [5, 5.41) is 3.33. The predicted molar refractivity (Wildman–Crippen MR) is 119 cm³/mol. The van der Waals surface area contributed by atoms with E-state index in [9.17, 15) is 4.79 Å². The Morgan fingerprint density at radius 3 is 2.59 bits per heavy atom. The van der Waals surface area contributed by atoms with E-state index in [0.29, 0.717) is 17.9 Å². The maximum atomic E-state index is 13.2. The smallest absolute Gasteiger partial charge is 0.243 e. The monoisotopic (exact) mass is 395 g/mol. The molecular weight excluding hydrogens is 358 g/mol. The van der Waals surface area contributed by atoms with Crippen LogP contribution in [0.4, 0.5) is 0 Å². The van der Waals surface area contributed by atoms with Crippen molar-refractivity contribution in [1.29, 1.82) is 0 Å². The fourth-order valence-electron chi connectivity index (χ4n) is 5.29. The first-order chi connectivity index (χ1) is 14.2. The van der Waals surface area contributed by atoms with Crippen LogP contribution in [0.15, 0.2) is 36.4 Å². The molecule has 2 heterocycles. The lowest BCUT2D eigenvalue weighted by atomic mass is 9.94. The van der Waals surface area contributed by atoms with Crippen LogP contribution in [0.3, 0.4) is 0 Å². The summed E-state index contributed by atoms with van der Waals surface area (Å²) in [6, 6.07) is 9.13. The zero-order chi connectivity index (χ0) is 20.1. The maximum absolute atomic E-state index is 13.2. The highest BCUT2D eigenvalue weighted by Crippen LogP contribution is 2.28. The van der Waals surface area contributed by atoms with Gasteiger partial charge in [0, 0.05) is 25.7 Å². The summed E-state index contributed by atoms with van der Waals surface area (Å²) in [5.41, 5.74) is 2.88. The number of piperidine rings is 1. The van der Waals surface area contributed by atoms with Gasteiger partial charge in [0.1, 0.15) is 6.04 Å². The fraction of sp³-hybridized carbons (Fsp3) is 0.640. The van der Waals surface area contributed by atoms with Gasteiger partial charge in [-0.3, -0.25) is 10.1 Å². The Balaban J connectivity index is 1.28. The summed E-state index contributed by atoms with van der Waals surface area (Å²) < 4.78 is 0. The largest absolute Gasteiger partial charge is 0.338 e. The Hall–Kier alpha value is -1.65. The van der Waals surface area contributed by atoms with Gasteiger partial charge < -0.3 is 9.80 Å². The maximum Gasteiger partial charge on any atom is 0.243 e. The van der Waals surface area contributed by atoms with E-state index in [1.807, 2.05) is 0 Å². The Morgan fingerprint density at radius 2 is 1.90 bits per heavy atom. The second kappa shape index (κ2) is 9.90. The van der Waals surface area contributed by atoms with Crippen LogP contribution in [-0.4, -0.2) is 60.5 Å². The van der Waals surface area contributed by atoms with Crippen molar-refractivity contribution in [2.45, 2.75) is 64.0 Å². The van der Waals surface area contributed by atoms with Crippen LogP contribution in [0.2, 0.25) is 0 Å². The molecule has 0 unspecified atom stereocenters. The third-order valence-corrected chi connectivity index (χ3v) is 7.22. The molecule has 0 radical (unpaired) electrons. The van der Waals surface area contributed by atoms with Crippen molar-refractivity contribution in [2.75, 3.05) is 32.7 Å². The highest BCUT2D eigenvalue weighted by atomic mass is 16.2. The molecular formula is C25H37N3O. The number of carbonyl (C=O) groups excluding carboxylic acids is 1. The number of rotatable bonds is 7. The van der Waals surface area contributed by atoms with E-state index in [2.05, 4.69) is 58.5 Å². The van der Waals surface area contributed by atoms with Crippen molar-refractivity contribution >= 4 is 5.91 Å². The van der Waals surface area contributed by atoms with Crippen LogP contribution in [0.1, 0.15) is 49.7 Å². The first-order valence-corrected chi connectivity index (χ1v) is 11.7. The van der Waals surface area contributed by atoms with Gasteiger partial charge in [-0.25, -0.2) is 0 Å². The summed E-state index contributed by atoms with van der Waals surface area (Å²) in [7, 11) is 0. The van der Waals surface area contributed by atoms with Crippen molar-refractivity contribution in [3.63, 3.8) is 0 Å². The molecule has 1 saturated carbocycles. The highest BCUT2D eigenvalue weighted by Gasteiger charge is 2.33. The van der Waals surface area contributed by atoms with Crippen molar-refractivity contribution in [1.82, 2.24) is 15.1 Å². The summed E-state index contributed by atoms with van der Waals surface area (Å²) >= 11 is 0. The summed E-state index contributed by atoms with van der Waals surface area (Å²) in [4.78, 5) is 18.0. The third kappa shape index (κ3) is 5.29. The summed E-state index contributed by atoms with van der Waals surface area (Å²) in [6.07, 6.45) is 12.7. The van der Waals surface area contributed by atoms with E-state index in [-0.39, 0.29) is 6.04 Å². The Kier molecular flexibility index (Phi) is 7.04. The molecule has 4 rings (SSSR count). The molecule has 2 fully saturated rings. The van der Waals surface area contributed by atoms with Gasteiger partial charge in [0.15, 0.2) is 0 Å². The average molecular weight is 396 g/mol. The SMILES string of the molecule is Cc1ccccc1CCN1CCC(CN(C(=O)[C@H]2C=CCN2)C2CCCC2)CC1. The number of hydrogen-bond donors (Lipinski definition) is 1. The minimum absolute atomic E-state index is 0.0928. The van der Waals surface area contributed by atoms with Gasteiger partial charge in [0.25, 0.3) is 0 Å². The van der Waals surface area contributed by atoms with Crippen LogP contribution in [-0.2, 0) is 11.2 Å². The molecule has 1 saturated heterocycles. The number of likely N-dealkylation sites (tertiary alicyclic amines) is 1. The third-order valence-electron chi connectivity index (χ3n) is 7.22. The normalized spacial score (nSPS) is 23.7. The first-order valence-electron chi connectivity index (χ1n) is 11.7. The van der Waals surface area contributed by atoms with E-state index in [1.165, 1.54) is 62.7 Å². The van der Waals surface area contributed by atoms with Gasteiger partial charge in [-0.15, -0.1) is 0 Å². The highest BCUT2D eigenvalue weighted by molar-refractivity contribution is 5.84. The van der Waals surface area contributed by atoms with Gasteiger partial charge in [-0.1, -0.05) is 49.3 Å². The molecule has 1 aliphatic carbocycles. The lowest BCUT2D eigenvalue weighted by Gasteiger charge is -2.38. The predicted octanol–water partition coefficient (Wildman–Crippen LogP) is 3.55.